The van der Waals surface area contributed by atoms with Crippen LogP contribution in [-0.2, 0) is 4.74 Å². The lowest BCUT2D eigenvalue weighted by atomic mass is 9.99. The van der Waals surface area contributed by atoms with Gasteiger partial charge in [-0.25, -0.2) is 0 Å². The average Bonchev–Trinajstić information content (AvgIpc) is 2.88. The van der Waals surface area contributed by atoms with Gasteiger partial charge in [-0.05, 0) is 18.2 Å². The van der Waals surface area contributed by atoms with Crippen molar-refractivity contribution in [2.75, 3.05) is 27.9 Å². The first-order valence-corrected chi connectivity index (χ1v) is 11.0. The Morgan fingerprint density at radius 2 is 1.59 bits per heavy atom. The van der Waals surface area contributed by atoms with Crippen LogP contribution in [0.25, 0.3) is 22.3 Å². The van der Waals surface area contributed by atoms with Crippen molar-refractivity contribution in [1.29, 1.82) is 0 Å². The first-order chi connectivity index (χ1) is 17.7. The van der Waals surface area contributed by atoms with E-state index in [1.54, 1.807) is 0 Å². The van der Waals surface area contributed by atoms with Crippen LogP contribution < -0.4 is 24.4 Å². The summed E-state index contributed by atoms with van der Waals surface area (Å²) in [4.78, 5) is 13.3. The molecule has 0 amide bonds. The molecule has 2 heterocycles. The lowest BCUT2D eigenvalue weighted by molar-refractivity contribution is -0.277. The van der Waals surface area contributed by atoms with Crippen LogP contribution >= 0.6 is 0 Å². The lowest BCUT2D eigenvalue weighted by Crippen LogP contribution is -2.60. The maximum atomic E-state index is 13.3. The van der Waals surface area contributed by atoms with Crippen LogP contribution in [0.1, 0.15) is 0 Å². The predicted octanol–water partition coefficient (Wildman–Crippen LogP) is 0.0757. The standard InChI is InChI=1S/C24H26O13/c1-32-11-5-4-9(6-10(11)26)21-23(34-3)18(29)15-12(35-21)7-13(22(33-2)17(15)28)36-24-20(31)19(30)16(27)14(8-25)37-24/h4-7,14,16,19-20,24-28,30-31H,8H2,1-3H3/t14-,16+,19-,20-,24+/m0/s1. The molecule has 2 aromatic carbocycles. The van der Waals surface area contributed by atoms with Gasteiger partial charge in [0.25, 0.3) is 0 Å². The summed E-state index contributed by atoms with van der Waals surface area (Å²) in [5.41, 5.74) is -0.695. The topological polar surface area (TPSA) is 198 Å². The molecule has 6 N–H and O–H groups in total. The van der Waals surface area contributed by atoms with E-state index >= 15 is 0 Å². The smallest absolute Gasteiger partial charge is 0.239 e. The van der Waals surface area contributed by atoms with Crippen molar-refractivity contribution in [2.45, 2.75) is 30.7 Å². The summed E-state index contributed by atoms with van der Waals surface area (Å²) in [7, 11) is 3.79. The minimum Gasteiger partial charge on any atom is -0.504 e. The van der Waals surface area contributed by atoms with Gasteiger partial charge >= 0.3 is 0 Å². The zero-order chi connectivity index (χ0) is 27.0. The molecule has 13 nitrogen and oxygen atoms in total. The molecule has 1 saturated heterocycles. The highest BCUT2D eigenvalue weighted by Crippen LogP contribution is 2.45. The van der Waals surface area contributed by atoms with Crippen LogP contribution in [0.2, 0.25) is 0 Å². The van der Waals surface area contributed by atoms with Crippen LogP contribution in [0.4, 0.5) is 0 Å². The third-order valence-corrected chi connectivity index (χ3v) is 5.98. The summed E-state index contributed by atoms with van der Waals surface area (Å²) in [6.07, 6.45) is -7.93. The molecule has 5 atom stereocenters. The molecular weight excluding hydrogens is 496 g/mol. The Bertz CT molecular complexity index is 1350. The fraction of sp³-hybridized carbons (Fsp3) is 0.375. The van der Waals surface area contributed by atoms with Gasteiger partial charge in [-0.1, -0.05) is 0 Å². The number of benzene rings is 2. The third-order valence-electron chi connectivity index (χ3n) is 5.98. The zero-order valence-corrected chi connectivity index (χ0v) is 19.9. The molecule has 37 heavy (non-hydrogen) atoms. The number of hydrogen-bond donors (Lipinski definition) is 6. The second-order valence-corrected chi connectivity index (χ2v) is 8.13. The van der Waals surface area contributed by atoms with Crippen LogP contribution in [-0.4, -0.2) is 89.3 Å². The minimum absolute atomic E-state index is 0.0821. The van der Waals surface area contributed by atoms with Gasteiger partial charge in [-0.2, -0.15) is 0 Å². The molecule has 1 aromatic heterocycles. The zero-order valence-electron chi connectivity index (χ0n) is 19.9. The Hall–Kier alpha value is -3.75. The van der Waals surface area contributed by atoms with E-state index < -0.39 is 48.5 Å². The second kappa shape index (κ2) is 10.3. The quantitative estimate of drug-likeness (QED) is 0.244. The van der Waals surface area contributed by atoms with Crippen molar-refractivity contribution in [2.24, 2.45) is 0 Å². The fourth-order valence-corrected chi connectivity index (χ4v) is 4.06. The Labute approximate surface area is 209 Å². The third kappa shape index (κ3) is 4.47. The average molecular weight is 522 g/mol. The van der Waals surface area contributed by atoms with Crippen molar-refractivity contribution in [1.82, 2.24) is 0 Å². The number of methoxy groups -OCH3 is 3. The molecule has 1 aliphatic heterocycles. The van der Waals surface area contributed by atoms with Crippen LogP contribution in [0.5, 0.6) is 34.5 Å². The van der Waals surface area contributed by atoms with Crippen LogP contribution in [0.3, 0.4) is 0 Å². The largest absolute Gasteiger partial charge is 0.504 e. The van der Waals surface area contributed by atoms with Crippen molar-refractivity contribution in [3.8, 4) is 45.8 Å². The number of aliphatic hydroxyl groups is 4. The summed E-state index contributed by atoms with van der Waals surface area (Å²) in [5.74, 6) is -1.64. The molecule has 1 aliphatic rings. The molecule has 0 spiro atoms. The molecule has 3 aromatic rings. The molecule has 0 bridgehead atoms. The Balaban J connectivity index is 1.87. The number of aromatic hydroxyl groups is 2. The van der Waals surface area contributed by atoms with E-state index in [2.05, 4.69) is 0 Å². The number of aliphatic hydroxyl groups excluding tert-OH is 4. The molecule has 0 radical (unpaired) electrons. The van der Waals surface area contributed by atoms with E-state index in [1.165, 1.54) is 45.6 Å². The number of phenolic OH excluding ortho intramolecular Hbond substituents is 2. The predicted molar refractivity (Wildman–Crippen MR) is 125 cm³/mol. The van der Waals surface area contributed by atoms with E-state index in [4.69, 9.17) is 28.1 Å². The van der Waals surface area contributed by atoms with Crippen LogP contribution in [0.15, 0.2) is 33.5 Å². The number of rotatable bonds is 7. The fourth-order valence-electron chi connectivity index (χ4n) is 4.06. The molecular formula is C24H26O13. The van der Waals surface area contributed by atoms with Gasteiger partial charge in [-0.3, -0.25) is 4.79 Å². The molecule has 4 rings (SSSR count). The molecule has 0 saturated carbocycles. The van der Waals surface area contributed by atoms with E-state index in [9.17, 15) is 35.4 Å². The van der Waals surface area contributed by atoms with Gasteiger partial charge in [0.15, 0.2) is 28.8 Å². The molecule has 200 valence electrons. The summed E-state index contributed by atoms with van der Waals surface area (Å²) in [6, 6.07) is 5.44. The molecule has 0 aliphatic carbocycles. The number of phenols is 2. The van der Waals surface area contributed by atoms with E-state index in [1.807, 2.05) is 0 Å². The van der Waals surface area contributed by atoms with Gasteiger partial charge in [-0.15, -0.1) is 0 Å². The highest BCUT2D eigenvalue weighted by molar-refractivity contribution is 5.91. The van der Waals surface area contributed by atoms with Gasteiger partial charge < -0.3 is 58.7 Å². The monoisotopic (exact) mass is 522 g/mol. The van der Waals surface area contributed by atoms with Crippen molar-refractivity contribution < 1.29 is 58.7 Å². The molecule has 1 fully saturated rings. The van der Waals surface area contributed by atoms with Crippen molar-refractivity contribution in [3.05, 3.63) is 34.5 Å². The van der Waals surface area contributed by atoms with Gasteiger partial charge in [0.05, 0.1) is 27.9 Å². The summed E-state index contributed by atoms with van der Waals surface area (Å²) in [5, 5.41) is 60.6. The second-order valence-electron chi connectivity index (χ2n) is 8.13. The first kappa shape index (κ1) is 26.3. The highest BCUT2D eigenvalue weighted by atomic mass is 16.7. The lowest BCUT2D eigenvalue weighted by Gasteiger charge is -2.39. The number of fused-ring (bicyclic) bond motifs is 1. The van der Waals surface area contributed by atoms with Crippen LogP contribution in [0, 0.1) is 0 Å². The van der Waals surface area contributed by atoms with Crippen molar-refractivity contribution >= 4 is 11.0 Å². The maximum absolute atomic E-state index is 13.3. The Morgan fingerprint density at radius 3 is 2.19 bits per heavy atom. The highest BCUT2D eigenvalue weighted by Gasteiger charge is 2.45. The Morgan fingerprint density at radius 1 is 0.892 bits per heavy atom. The molecule has 0 unspecified atom stereocenters. The van der Waals surface area contributed by atoms with Gasteiger partial charge in [0, 0.05) is 11.6 Å². The van der Waals surface area contributed by atoms with Gasteiger partial charge in [0.2, 0.25) is 23.2 Å². The van der Waals surface area contributed by atoms with E-state index in [0.717, 1.165) is 0 Å². The number of ether oxygens (including phenoxy) is 5. The van der Waals surface area contributed by atoms with E-state index in [-0.39, 0.29) is 51.0 Å². The number of hydrogen-bond acceptors (Lipinski definition) is 13. The summed E-state index contributed by atoms with van der Waals surface area (Å²) < 4.78 is 32.4. The SMILES string of the molecule is COc1ccc(-c2oc3cc(O[C@@H]4O[C@@H](CO)[C@@H](O)[C@H](O)[C@@H]4O)c(OC)c(O)c3c(=O)c2OC)cc1O. The first-order valence-electron chi connectivity index (χ1n) is 11.0. The van der Waals surface area contributed by atoms with E-state index in [0.29, 0.717) is 0 Å². The Kier molecular flexibility index (Phi) is 7.34. The molecule has 13 heteroatoms. The van der Waals surface area contributed by atoms with Gasteiger partial charge in [0.1, 0.15) is 35.4 Å². The van der Waals surface area contributed by atoms with Crippen molar-refractivity contribution in [3.63, 3.8) is 0 Å². The maximum Gasteiger partial charge on any atom is 0.239 e. The summed E-state index contributed by atoms with van der Waals surface area (Å²) >= 11 is 0. The summed E-state index contributed by atoms with van der Waals surface area (Å²) in [6.45, 7) is -0.683. The minimum atomic E-state index is -1.75. The normalized spacial score (nSPS) is 23.6.